The summed E-state index contributed by atoms with van der Waals surface area (Å²) in [6.07, 6.45) is -0.151. The van der Waals surface area contributed by atoms with Gasteiger partial charge in [-0.2, -0.15) is 13.2 Å². The van der Waals surface area contributed by atoms with Gasteiger partial charge in [0, 0.05) is 105 Å². The van der Waals surface area contributed by atoms with Gasteiger partial charge in [0.15, 0.2) is 0 Å². The Balaban J connectivity index is 1.06. The molecular weight excluding hydrogens is 1090 g/mol. The van der Waals surface area contributed by atoms with E-state index in [4.69, 9.17) is 28.4 Å². The molecule has 6 heterocycles. The topological polar surface area (TPSA) is 265 Å². The van der Waals surface area contributed by atoms with Crippen LogP contribution in [-0.4, -0.2) is 162 Å². The van der Waals surface area contributed by atoms with Crippen molar-refractivity contribution in [2.45, 2.75) is 91.3 Å². The van der Waals surface area contributed by atoms with Crippen LogP contribution in [0, 0.1) is 30.6 Å². The van der Waals surface area contributed by atoms with Crippen LogP contribution in [0.25, 0.3) is 0 Å². The minimum absolute atomic E-state index is 0.0431. The SMILES string of the molecule is COc1cncc(NC(=O)c2ccc(N3CCN(C(=O)O[C@H]4[C@H](C)[C@H](O)[C@H](C)[C@@H](O)[C@@H](C)/C=C/C=C(/C)C(=O)NC5=C(N6CCOCC6)C(=O)c6c(c(O)c(C)c7c6C(=O)[C@@](C)(O/C=C/C[C@H](OC)[C@H]4C)O7)C5=O)CC3)c(C(F)(F)F)c2)c1. The molecule has 0 saturated carbocycles. The van der Waals surface area contributed by atoms with Crippen molar-refractivity contribution in [3.63, 3.8) is 0 Å². The van der Waals surface area contributed by atoms with Gasteiger partial charge in [-0.05, 0) is 44.5 Å². The predicted molar refractivity (Wildman–Crippen MR) is 294 cm³/mol. The lowest BCUT2D eigenvalue weighted by molar-refractivity contribution is -0.137. The molecule has 1 aromatic heterocycles. The van der Waals surface area contributed by atoms with E-state index >= 15 is 0 Å². The molecule has 2 saturated heterocycles. The third-order valence-electron chi connectivity index (χ3n) is 16.1. The van der Waals surface area contributed by atoms with E-state index in [-0.39, 0.29) is 104 Å². The summed E-state index contributed by atoms with van der Waals surface area (Å²) in [6.45, 7) is 11.2. The monoisotopic (exact) mass is 1160 g/mol. The van der Waals surface area contributed by atoms with Crippen LogP contribution in [-0.2, 0) is 29.9 Å². The van der Waals surface area contributed by atoms with Crippen molar-refractivity contribution in [1.29, 1.82) is 0 Å². The predicted octanol–water partition coefficient (Wildman–Crippen LogP) is 6.75. The lowest BCUT2D eigenvalue weighted by atomic mass is 9.78. The third kappa shape index (κ3) is 12.5. The summed E-state index contributed by atoms with van der Waals surface area (Å²) in [4.78, 5) is 93.8. The highest BCUT2D eigenvalue weighted by molar-refractivity contribution is 6.32. The molecule has 446 valence electrons. The number of allylic oxidation sites excluding steroid dienone is 4. The van der Waals surface area contributed by atoms with E-state index in [2.05, 4.69) is 15.6 Å². The smallest absolute Gasteiger partial charge is 0.418 e. The highest BCUT2D eigenvalue weighted by atomic mass is 19.4. The number of Topliss-reactive ketones (excluding diaryl/α,β-unsaturated/α-hetero) is 3. The molecule has 9 rings (SSSR count). The maximum atomic E-state index is 14.9. The number of hydrogen-bond donors (Lipinski definition) is 5. The zero-order chi connectivity index (χ0) is 60.4. The van der Waals surface area contributed by atoms with Crippen molar-refractivity contribution in [2.24, 2.45) is 23.7 Å². The lowest BCUT2D eigenvalue weighted by Crippen LogP contribution is -2.52. The number of pyridine rings is 1. The number of fused-ring (bicyclic) bond motifs is 15. The van der Waals surface area contributed by atoms with E-state index in [0.717, 1.165) is 6.07 Å². The minimum atomic E-state index is -4.87. The number of aliphatic hydroxyl groups is 2. The van der Waals surface area contributed by atoms with Gasteiger partial charge in [0.2, 0.25) is 11.6 Å². The van der Waals surface area contributed by atoms with Crippen LogP contribution >= 0.6 is 0 Å². The number of rotatable bonds is 7. The Morgan fingerprint density at radius 2 is 1.57 bits per heavy atom. The van der Waals surface area contributed by atoms with Crippen molar-refractivity contribution in [2.75, 3.05) is 76.9 Å². The molecule has 0 spiro atoms. The van der Waals surface area contributed by atoms with Gasteiger partial charge in [-0.3, -0.25) is 29.0 Å². The van der Waals surface area contributed by atoms with Crippen molar-refractivity contribution in [3.05, 3.63) is 118 Å². The fourth-order valence-corrected chi connectivity index (χ4v) is 11.1. The molecule has 0 radical (unpaired) electrons. The molecular formula is C59H69F3N6O15. The van der Waals surface area contributed by atoms with Crippen LogP contribution in [0.5, 0.6) is 17.2 Å². The Bertz CT molecular complexity index is 3170. The summed E-state index contributed by atoms with van der Waals surface area (Å²) in [5, 5.41) is 40.6. The number of ether oxygens (including phenoxy) is 6. The van der Waals surface area contributed by atoms with Crippen LogP contribution in [0.1, 0.15) is 101 Å². The van der Waals surface area contributed by atoms with Crippen LogP contribution in [0.15, 0.2) is 84.2 Å². The summed E-state index contributed by atoms with van der Waals surface area (Å²) in [6, 6.07) is 4.71. The number of carbonyl (C=O) groups is 6. The molecule has 21 nitrogen and oxygen atoms in total. The van der Waals surface area contributed by atoms with E-state index in [9.17, 15) is 57.3 Å². The number of nitrogens with one attached hydrogen (secondary N) is 2. The zero-order valence-corrected chi connectivity index (χ0v) is 47.5. The van der Waals surface area contributed by atoms with Gasteiger partial charge in [-0.25, -0.2) is 4.79 Å². The number of phenols is 1. The number of aliphatic hydroxyl groups excluding tert-OH is 2. The molecule has 2 fully saturated rings. The summed E-state index contributed by atoms with van der Waals surface area (Å²) in [5.74, 6) is -9.96. The summed E-state index contributed by atoms with van der Waals surface area (Å²) >= 11 is 0. The van der Waals surface area contributed by atoms with E-state index in [1.54, 1.807) is 38.7 Å². The number of aromatic hydroxyl groups is 1. The fourth-order valence-electron chi connectivity index (χ4n) is 11.1. The number of ketones is 3. The lowest BCUT2D eigenvalue weighted by Gasteiger charge is -2.41. The normalized spacial score (nSPS) is 28.1. The summed E-state index contributed by atoms with van der Waals surface area (Å²) in [5.41, 5.74) is -3.12. The first-order chi connectivity index (χ1) is 39.3. The average molecular weight is 1160 g/mol. The van der Waals surface area contributed by atoms with Gasteiger partial charge < -0.3 is 69.1 Å². The number of anilines is 2. The number of methoxy groups -OCH3 is 2. The molecule has 83 heavy (non-hydrogen) atoms. The number of amides is 3. The number of piperazine rings is 1. The highest BCUT2D eigenvalue weighted by Gasteiger charge is 2.53. The fraction of sp³-hybridized carbons (Fsp3) is 0.475. The number of nitrogens with zero attached hydrogens (tertiary/aromatic N) is 4. The third-order valence-corrected chi connectivity index (χ3v) is 16.1. The van der Waals surface area contributed by atoms with Crippen LogP contribution in [0.2, 0.25) is 0 Å². The standard InChI is InChI=1S/C59H69F3N6O15/c1-30-12-10-13-31(2)55(75)65-45-46(67-21-24-80-25-22-67)51(73)42-43(50(45)72)49(71)35(6)53-44(42)54(74)58(7,83-53)81-23-11-14-41(79-9)32(3)52(34(5)48(70)33(4)47(30)69)82-57(77)68-19-17-66(18-20-68)40-16-15-36(26-39(40)59(60,61)62)56(76)64-37-27-38(78-8)29-63-28-37/h10-13,15-16,23,26-30,32-34,41,47-48,52,69-71H,14,17-22,24-25H2,1-9H3,(H,64,76)(H,65,75)/b12-10+,23-11+,31-13-/t30-,32+,33+,34+,41-,47-,48+,52+,58-/m0/s1. The van der Waals surface area contributed by atoms with Crippen LogP contribution in [0.3, 0.4) is 0 Å². The molecule has 6 aliphatic rings. The number of phenolic OH excluding ortho intramolecular Hbond substituents is 1. The molecule has 24 heteroatoms. The Labute approximate surface area is 477 Å². The van der Waals surface area contributed by atoms with Crippen LogP contribution in [0.4, 0.5) is 29.3 Å². The molecule has 5 aliphatic heterocycles. The molecule has 2 aromatic carbocycles. The Hall–Kier alpha value is -7.80. The van der Waals surface area contributed by atoms with Gasteiger partial charge in [0.1, 0.15) is 34.7 Å². The Kier molecular flexibility index (Phi) is 18.4. The van der Waals surface area contributed by atoms with Crippen molar-refractivity contribution in [1.82, 2.24) is 20.1 Å². The van der Waals surface area contributed by atoms with Gasteiger partial charge >= 0.3 is 18.1 Å². The van der Waals surface area contributed by atoms with Crippen molar-refractivity contribution >= 4 is 46.6 Å². The molecule has 1 aliphatic carbocycles. The largest absolute Gasteiger partial charge is 0.507 e. The number of morpholine rings is 1. The number of alkyl halides is 3. The summed E-state index contributed by atoms with van der Waals surface area (Å²) < 4.78 is 79.1. The first kappa shape index (κ1) is 61.3. The maximum Gasteiger partial charge on any atom is 0.418 e. The number of halogens is 3. The second-order valence-corrected chi connectivity index (χ2v) is 21.5. The quantitative estimate of drug-likeness (QED) is 0.164. The average Bonchev–Trinajstić information content (AvgIpc) is 1.88. The van der Waals surface area contributed by atoms with E-state index < -0.39 is 123 Å². The van der Waals surface area contributed by atoms with Crippen molar-refractivity contribution in [3.8, 4) is 17.2 Å². The number of benzene rings is 2. The number of aromatic nitrogens is 1. The molecule has 3 amide bonds. The Morgan fingerprint density at radius 1 is 0.867 bits per heavy atom. The van der Waals surface area contributed by atoms with E-state index in [1.807, 2.05) is 0 Å². The second-order valence-electron chi connectivity index (χ2n) is 21.5. The number of hydrogen-bond acceptors (Lipinski definition) is 18. The van der Waals surface area contributed by atoms with Crippen molar-refractivity contribution < 1.29 is 85.7 Å². The van der Waals surface area contributed by atoms with Gasteiger partial charge in [0.05, 0.1) is 85.2 Å². The first-order valence-electron chi connectivity index (χ1n) is 27.2. The summed E-state index contributed by atoms with van der Waals surface area (Å²) in [7, 11) is 2.82. The van der Waals surface area contributed by atoms with Gasteiger partial charge in [0.25, 0.3) is 17.6 Å². The molecule has 5 N–H and O–H groups in total. The van der Waals surface area contributed by atoms with Gasteiger partial charge in [-0.1, -0.05) is 45.9 Å². The minimum Gasteiger partial charge on any atom is -0.507 e. The maximum absolute atomic E-state index is 14.9. The zero-order valence-electron chi connectivity index (χ0n) is 47.5. The van der Waals surface area contributed by atoms with Gasteiger partial charge in [-0.15, -0.1) is 0 Å². The molecule has 3 aromatic rings. The first-order valence-corrected chi connectivity index (χ1v) is 27.2. The molecule has 5 bridgehead atoms. The molecule has 9 atom stereocenters. The Morgan fingerprint density at radius 3 is 2.23 bits per heavy atom. The van der Waals surface area contributed by atoms with Crippen LogP contribution < -0.4 is 25.0 Å². The highest BCUT2D eigenvalue weighted by Crippen LogP contribution is 2.49. The van der Waals surface area contributed by atoms with E-state index in [1.165, 1.54) is 99.9 Å². The van der Waals surface area contributed by atoms with E-state index in [0.29, 0.717) is 5.75 Å². The molecule has 0 unspecified atom stereocenters. The second kappa shape index (κ2) is 25.0. The number of carbonyl (C=O) groups excluding carboxylic acids is 6.